The fraction of sp³-hybridized carbons (Fsp3) is 0.481. The molecule has 0 radical (unpaired) electrons. The van der Waals surface area contributed by atoms with Crippen molar-refractivity contribution in [3.05, 3.63) is 60.2 Å². The Morgan fingerprint density at radius 3 is 2.47 bits per heavy atom. The first kappa shape index (κ1) is 25.7. The molecule has 2 amide bonds. The van der Waals surface area contributed by atoms with Crippen molar-refractivity contribution in [2.24, 2.45) is 17.6 Å². The van der Waals surface area contributed by atoms with Crippen molar-refractivity contribution in [3.63, 3.8) is 0 Å². The highest BCUT2D eigenvalue weighted by atomic mass is 16.5. The number of amides is 2. The van der Waals surface area contributed by atoms with Crippen molar-refractivity contribution in [3.8, 4) is 11.5 Å². The summed E-state index contributed by atoms with van der Waals surface area (Å²) < 4.78 is 11.0. The number of ether oxygens (including phenoxy) is 2. The molecule has 0 spiro atoms. The summed E-state index contributed by atoms with van der Waals surface area (Å²) >= 11 is 0. The number of carbonyl (C=O) groups excluding carboxylic acids is 2. The third kappa shape index (κ3) is 8.15. The average Bonchev–Trinajstić information content (AvgIpc) is 2.87. The van der Waals surface area contributed by atoms with E-state index in [9.17, 15) is 9.59 Å². The fourth-order valence-electron chi connectivity index (χ4n) is 4.31. The molecule has 3 rings (SSSR count). The maximum atomic E-state index is 13.0. The van der Waals surface area contributed by atoms with Gasteiger partial charge in [0.15, 0.2) is 0 Å². The van der Waals surface area contributed by atoms with Crippen molar-refractivity contribution in [2.75, 3.05) is 26.8 Å². The largest absolute Gasteiger partial charge is 0.457 e. The molecule has 34 heavy (non-hydrogen) atoms. The molecule has 0 bridgehead atoms. The van der Waals surface area contributed by atoms with Crippen LogP contribution in [0.5, 0.6) is 11.5 Å². The lowest BCUT2D eigenvalue weighted by Gasteiger charge is -2.28. The van der Waals surface area contributed by atoms with Gasteiger partial charge in [0, 0.05) is 32.6 Å². The highest BCUT2D eigenvalue weighted by Crippen LogP contribution is 2.28. The number of para-hydroxylation sites is 1. The van der Waals surface area contributed by atoms with Gasteiger partial charge in [-0.3, -0.25) is 9.59 Å². The summed E-state index contributed by atoms with van der Waals surface area (Å²) in [6.45, 7) is 1.74. The molecule has 1 fully saturated rings. The van der Waals surface area contributed by atoms with Crippen molar-refractivity contribution in [2.45, 2.75) is 44.6 Å². The zero-order valence-corrected chi connectivity index (χ0v) is 20.0. The van der Waals surface area contributed by atoms with E-state index in [-0.39, 0.29) is 17.7 Å². The first-order chi connectivity index (χ1) is 16.6. The Bertz CT molecular complexity index is 898. The maximum Gasteiger partial charge on any atom is 0.242 e. The van der Waals surface area contributed by atoms with Crippen LogP contribution >= 0.6 is 0 Å². The van der Waals surface area contributed by atoms with Crippen LogP contribution < -0.4 is 21.1 Å². The van der Waals surface area contributed by atoms with Crippen LogP contribution in [0.4, 0.5) is 0 Å². The predicted octanol–water partition coefficient (Wildman–Crippen LogP) is 3.42. The number of carbonyl (C=O) groups is 2. The molecule has 7 heteroatoms. The van der Waals surface area contributed by atoms with E-state index >= 15 is 0 Å². The van der Waals surface area contributed by atoms with Gasteiger partial charge in [0.2, 0.25) is 11.8 Å². The molecule has 2 aromatic rings. The number of benzene rings is 2. The summed E-state index contributed by atoms with van der Waals surface area (Å²) in [7, 11) is 1.63. The van der Waals surface area contributed by atoms with Gasteiger partial charge < -0.3 is 25.8 Å². The van der Waals surface area contributed by atoms with Crippen LogP contribution in [0.1, 0.15) is 37.7 Å². The fourth-order valence-corrected chi connectivity index (χ4v) is 4.31. The molecule has 0 saturated heterocycles. The summed E-state index contributed by atoms with van der Waals surface area (Å²) in [5, 5.41) is 5.96. The minimum absolute atomic E-state index is 0.0517. The van der Waals surface area contributed by atoms with Crippen LogP contribution in [0.3, 0.4) is 0 Å². The van der Waals surface area contributed by atoms with Gasteiger partial charge in [0.25, 0.3) is 0 Å². The van der Waals surface area contributed by atoms with Gasteiger partial charge >= 0.3 is 0 Å². The molecule has 1 unspecified atom stereocenters. The minimum Gasteiger partial charge on any atom is -0.457 e. The van der Waals surface area contributed by atoms with E-state index in [1.165, 1.54) is 0 Å². The molecule has 1 saturated carbocycles. The molecule has 0 heterocycles. The van der Waals surface area contributed by atoms with Gasteiger partial charge in [-0.25, -0.2) is 0 Å². The van der Waals surface area contributed by atoms with E-state index in [4.69, 9.17) is 15.2 Å². The molecule has 0 aliphatic heterocycles. The van der Waals surface area contributed by atoms with Crippen LogP contribution in [-0.4, -0.2) is 44.7 Å². The van der Waals surface area contributed by atoms with Gasteiger partial charge in [0.05, 0.1) is 0 Å². The first-order valence-electron chi connectivity index (χ1n) is 12.2. The predicted molar refractivity (Wildman–Crippen MR) is 133 cm³/mol. The topological polar surface area (TPSA) is 103 Å². The van der Waals surface area contributed by atoms with E-state index in [2.05, 4.69) is 10.6 Å². The summed E-state index contributed by atoms with van der Waals surface area (Å²) in [5.41, 5.74) is 6.70. The molecular formula is C27H37N3O4. The highest BCUT2D eigenvalue weighted by molar-refractivity contribution is 5.88. The van der Waals surface area contributed by atoms with Crippen LogP contribution in [0.2, 0.25) is 0 Å². The second kappa shape index (κ2) is 13.7. The maximum absolute atomic E-state index is 13.0. The number of hydrogen-bond acceptors (Lipinski definition) is 5. The molecule has 1 aliphatic carbocycles. The van der Waals surface area contributed by atoms with Gasteiger partial charge in [-0.05, 0) is 74.4 Å². The zero-order chi connectivity index (χ0) is 24.2. The number of nitrogens with two attached hydrogens (primary N) is 1. The Morgan fingerprint density at radius 2 is 1.76 bits per heavy atom. The molecule has 7 nitrogen and oxygen atoms in total. The third-order valence-corrected chi connectivity index (χ3v) is 6.33. The lowest BCUT2D eigenvalue weighted by Crippen LogP contribution is -2.50. The second-order valence-electron chi connectivity index (χ2n) is 8.92. The molecule has 184 valence electrons. The molecule has 1 atom stereocenters. The van der Waals surface area contributed by atoms with E-state index in [1.54, 1.807) is 7.11 Å². The monoisotopic (exact) mass is 467 g/mol. The number of methoxy groups -OCH3 is 1. The number of rotatable bonds is 12. The second-order valence-corrected chi connectivity index (χ2v) is 8.92. The van der Waals surface area contributed by atoms with E-state index in [0.717, 1.165) is 37.0 Å². The van der Waals surface area contributed by atoms with Crippen molar-refractivity contribution < 1.29 is 19.1 Å². The Morgan fingerprint density at radius 1 is 1.03 bits per heavy atom. The van der Waals surface area contributed by atoms with Crippen LogP contribution in [0.25, 0.3) is 0 Å². The van der Waals surface area contributed by atoms with E-state index < -0.39 is 6.04 Å². The molecule has 0 aromatic heterocycles. The number of nitrogens with one attached hydrogen (secondary N) is 2. The SMILES string of the molecule is COCCCNC(=O)C(Cc1cccc(Oc2ccccc2)c1)NC(=O)C1CCC(CN)CC1. The number of hydrogen-bond donors (Lipinski definition) is 3. The van der Waals surface area contributed by atoms with Gasteiger partial charge in [0.1, 0.15) is 17.5 Å². The quantitative estimate of drug-likeness (QED) is 0.415. The zero-order valence-electron chi connectivity index (χ0n) is 20.0. The average molecular weight is 468 g/mol. The normalized spacial score (nSPS) is 18.6. The van der Waals surface area contributed by atoms with Gasteiger partial charge in [-0.2, -0.15) is 0 Å². The standard InChI is InChI=1S/C27H37N3O4/c1-33-16-6-15-29-27(32)25(30-26(31)22-13-11-20(19-28)12-14-22)18-21-7-5-10-24(17-21)34-23-8-3-2-4-9-23/h2-5,7-10,17,20,22,25H,6,11-16,18-19,28H2,1H3,(H,29,32)(H,30,31). The summed E-state index contributed by atoms with van der Waals surface area (Å²) in [5.74, 6) is 1.62. The Kier molecular flexibility index (Phi) is 10.4. The molecule has 4 N–H and O–H groups in total. The smallest absolute Gasteiger partial charge is 0.242 e. The van der Waals surface area contributed by atoms with Gasteiger partial charge in [-0.15, -0.1) is 0 Å². The van der Waals surface area contributed by atoms with Crippen LogP contribution in [-0.2, 0) is 20.7 Å². The highest BCUT2D eigenvalue weighted by Gasteiger charge is 2.29. The summed E-state index contributed by atoms with van der Waals surface area (Å²) in [6.07, 6.45) is 4.65. The van der Waals surface area contributed by atoms with Gasteiger partial charge in [-0.1, -0.05) is 30.3 Å². The summed E-state index contributed by atoms with van der Waals surface area (Å²) in [4.78, 5) is 26.0. The van der Waals surface area contributed by atoms with Crippen molar-refractivity contribution >= 4 is 11.8 Å². The molecule has 2 aromatic carbocycles. The Labute approximate surface area is 202 Å². The third-order valence-electron chi connectivity index (χ3n) is 6.33. The van der Waals surface area contributed by atoms with Crippen molar-refractivity contribution in [1.29, 1.82) is 0 Å². The van der Waals surface area contributed by atoms with E-state index in [0.29, 0.717) is 44.2 Å². The molecular weight excluding hydrogens is 430 g/mol. The minimum atomic E-state index is -0.658. The summed E-state index contributed by atoms with van der Waals surface area (Å²) in [6, 6.07) is 16.5. The lowest BCUT2D eigenvalue weighted by atomic mass is 9.81. The van der Waals surface area contributed by atoms with Crippen LogP contribution in [0.15, 0.2) is 54.6 Å². The molecule has 1 aliphatic rings. The Hall–Kier alpha value is -2.90. The van der Waals surface area contributed by atoms with Crippen LogP contribution in [0, 0.1) is 11.8 Å². The first-order valence-corrected chi connectivity index (χ1v) is 12.2. The van der Waals surface area contributed by atoms with Crippen molar-refractivity contribution in [1.82, 2.24) is 10.6 Å². The lowest BCUT2D eigenvalue weighted by molar-refractivity contribution is -0.131. The van der Waals surface area contributed by atoms with E-state index in [1.807, 2.05) is 54.6 Å². The Balaban J connectivity index is 1.66.